The summed E-state index contributed by atoms with van der Waals surface area (Å²) in [7, 11) is 0. The summed E-state index contributed by atoms with van der Waals surface area (Å²) in [5.41, 5.74) is 8.85. The fourth-order valence-electron chi connectivity index (χ4n) is 1.64. The molecule has 19 heavy (non-hydrogen) atoms. The molecular weight excluding hydrogens is 238 g/mol. The summed E-state index contributed by atoms with van der Waals surface area (Å²) >= 11 is 0. The number of hydrogen-bond donors (Lipinski definition) is 2. The van der Waals surface area contributed by atoms with Crippen molar-refractivity contribution in [3.63, 3.8) is 0 Å². The molecular formula is C14H17N5. The number of nitrogens with one attached hydrogen (secondary N) is 1. The summed E-state index contributed by atoms with van der Waals surface area (Å²) in [5, 5.41) is 3.03. The van der Waals surface area contributed by atoms with Crippen LogP contribution in [0.3, 0.4) is 0 Å². The molecule has 0 unspecified atom stereocenters. The summed E-state index contributed by atoms with van der Waals surface area (Å²) in [5.74, 6) is 0.635. The number of anilines is 1. The van der Waals surface area contributed by atoms with Crippen molar-refractivity contribution < 1.29 is 0 Å². The van der Waals surface area contributed by atoms with Crippen molar-refractivity contribution >= 4 is 17.6 Å². The van der Waals surface area contributed by atoms with Gasteiger partial charge in [-0.05, 0) is 37.1 Å². The second-order valence-electron chi connectivity index (χ2n) is 4.17. The molecule has 1 heterocycles. The average Bonchev–Trinajstić information content (AvgIpc) is 2.38. The Labute approximate surface area is 112 Å². The summed E-state index contributed by atoms with van der Waals surface area (Å²) < 4.78 is 0. The van der Waals surface area contributed by atoms with E-state index < -0.39 is 0 Å². The predicted molar refractivity (Wildman–Crippen MR) is 77.5 cm³/mol. The fraction of sp³-hybridized carbons (Fsp3) is 0.214. The van der Waals surface area contributed by atoms with E-state index in [1.54, 1.807) is 6.20 Å². The molecule has 0 radical (unpaired) electrons. The highest BCUT2D eigenvalue weighted by atomic mass is 15.2. The number of nitrogens with two attached hydrogens (primary N) is 1. The second-order valence-corrected chi connectivity index (χ2v) is 4.17. The molecule has 0 aliphatic carbocycles. The van der Waals surface area contributed by atoms with Crippen molar-refractivity contribution in [1.82, 2.24) is 9.97 Å². The molecule has 0 bridgehead atoms. The van der Waals surface area contributed by atoms with Gasteiger partial charge >= 0.3 is 0 Å². The van der Waals surface area contributed by atoms with Gasteiger partial charge in [0, 0.05) is 17.6 Å². The molecule has 0 saturated heterocycles. The van der Waals surface area contributed by atoms with Crippen LogP contribution < -0.4 is 11.1 Å². The van der Waals surface area contributed by atoms with Gasteiger partial charge in [-0.15, -0.1) is 0 Å². The number of hydrogen-bond acceptors (Lipinski definition) is 3. The highest BCUT2D eigenvalue weighted by Gasteiger charge is 1.99. The largest absolute Gasteiger partial charge is 0.369 e. The van der Waals surface area contributed by atoms with E-state index in [1.807, 2.05) is 31.2 Å². The van der Waals surface area contributed by atoms with E-state index in [0.29, 0.717) is 5.95 Å². The number of guanidine groups is 1. The lowest BCUT2D eigenvalue weighted by Gasteiger charge is -2.06. The summed E-state index contributed by atoms with van der Waals surface area (Å²) in [4.78, 5) is 12.3. The van der Waals surface area contributed by atoms with Gasteiger partial charge in [-0.1, -0.05) is 19.1 Å². The minimum Gasteiger partial charge on any atom is -0.369 e. The zero-order valence-corrected chi connectivity index (χ0v) is 11.1. The van der Waals surface area contributed by atoms with Crippen LogP contribution in [0.5, 0.6) is 0 Å². The average molecular weight is 255 g/mol. The Bertz CT molecular complexity index is 592. The molecule has 0 fully saturated rings. The lowest BCUT2D eigenvalue weighted by molar-refractivity contribution is 1.08. The van der Waals surface area contributed by atoms with Crippen molar-refractivity contribution in [2.24, 2.45) is 10.7 Å². The van der Waals surface area contributed by atoms with Gasteiger partial charge in [-0.2, -0.15) is 4.99 Å². The standard InChI is InChI=1S/C14H17N5/c1-3-11-5-4-6-12(9-11)18-13(15)19-14-16-8-7-10(2)17-14/h4-9H,3H2,1-2H3,(H3,15,16,17,18,19). The van der Waals surface area contributed by atoms with E-state index in [9.17, 15) is 0 Å². The monoisotopic (exact) mass is 255 g/mol. The van der Waals surface area contributed by atoms with Gasteiger partial charge < -0.3 is 11.1 Å². The van der Waals surface area contributed by atoms with Gasteiger partial charge in [0.05, 0.1) is 0 Å². The van der Waals surface area contributed by atoms with Crippen molar-refractivity contribution in [1.29, 1.82) is 0 Å². The van der Waals surface area contributed by atoms with Crippen LogP contribution >= 0.6 is 0 Å². The lowest BCUT2D eigenvalue weighted by atomic mass is 10.1. The Morgan fingerprint density at radius 3 is 2.95 bits per heavy atom. The van der Waals surface area contributed by atoms with Gasteiger partial charge in [0.1, 0.15) is 0 Å². The molecule has 1 aromatic heterocycles. The topological polar surface area (TPSA) is 76.2 Å². The molecule has 2 rings (SSSR count). The first-order valence-electron chi connectivity index (χ1n) is 6.17. The van der Waals surface area contributed by atoms with Gasteiger partial charge in [0.2, 0.25) is 5.96 Å². The summed E-state index contributed by atoms with van der Waals surface area (Å²) in [6.45, 7) is 3.99. The van der Waals surface area contributed by atoms with E-state index in [0.717, 1.165) is 17.8 Å². The second kappa shape index (κ2) is 5.95. The molecule has 0 atom stereocenters. The number of aliphatic imine (C=N–C) groups is 1. The first kappa shape index (κ1) is 13.0. The van der Waals surface area contributed by atoms with Crippen LogP contribution in [-0.2, 0) is 6.42 Å². The van der Waals surface area contributed by atoms with Crippen molar-refractivity contribution in [3.8, 4) is 0 Å². The zero-order chi connectivity index (χ0) is 13.7. The first-order chi connectivity index (χ1) is 9.17. The maximum absolute atomic E-state index is 5.84. The van der Waals surface area contributed by atoms with Crippen LogP contribution in [0, 0.1) is 6.92 Å². The minimum atomic E-state index is 0.277. The van der Waals surface area contributed by atoms with Crippen LogP contribution in [0.1, 0.15) is 18.2 Å². The fourth-order valence-corrected chi connectivity index (χ4v) is 1.64. The Kier molecular flexibility index (Phi) is 4.07. The number of nitrogens with zero attached hydrogens (tertiary/aromatic N) is 3. The van der Waals surface area contributed by atoms with E-state index >= 15 is 0 Å². The highest BCUT2D eigenvalue weighted by Crippen LogP contribution is 2.11. The van der Waals surface area contributed by atoms with E-state index in [2.05, 4.69) is 33.3 Å². The minimum absolute atomic E-state index is 0.277. The molecule has 0 saturated carbocycles. The third-order valence-electron chi connectivity index (χ3n) is 2.61. The third kappa shape index (κ3) is 3.77. The molecule has 0 aliphatic heterocycles. The van der Waals surface area contributed by atoms with Crippen LogP contribution in [-0.4, -0.2) is 15.9 Å². The number of aromatic nitrogens is 2. The maximum atomic E-state index is 5.84. The van der Waals surface area contributed by atoms with Crippen LogP contribution in [0.25, 0.3) is 0 Å². The van der Waals surface area contributed by atoms with Crippen LogP contribution in [0.2, 0.25) is 0 Å². The maximum Gasteiger partial charge on any atom is 0.252 e. The Hall–Kier alpha value is -2.43. The van der Waals surface area contributed by atoms with Crippen molar-refractivity contribution in [2.45, 2.75) is 20.3 Å². The Balaban J connectivity index is 2.13. The molecule has 1 aromatic carbocycles. The molecule has 0 aliphatic rings. The van der Waals surface area contributed by atoms with Gasteiger partial charge in [-0.3, -0.25) is 0 Å². The lowest BCUT2D eigenvalue weighted by Crippen LogP contribution is -2.22. The van der Waals surface area contributed by atoms with Crippen molar-refractivity contribution in [3.05, 3.63) is 47.8 Å². The van der Waals surface area contributed by atoms with Gasteiger partial charge in [-0.25, -0.2) is 9.97 Å². The van der Waals surface area contributed by atoms with Crippen molar-refractivity contribution in [2.75, 3.05) is 5.32 Å². The van der Waals surface area contributed by atoms with E-state index in [4.69, 9.17) is 5.73 Å². The quantitative estimate of drug-likeness (QED) is 0.652. The zero-order valence-electron chi connectivity index (χ0n) is 11.1. The van der Waals surface area contributed by atoms with Crippen LogP contribution in [0.4, 0.5) is 11.6 Å². The molecule has 3 N–H and O–H groups in total. The molecule has 5 nitrogen and oxygen atoms in total. The Morgan fingerprint density at radius 2 is 2.21 bits per heavy atom. The predicted octanol–water partition coefficient (Wildman–Crippen LogP) is 2.41. The Morgan fingerprint density at radius 1 is 1.37 bits per heavy atom. The molecule has 2 aromatic rings. The normalized spacial score (nSPS) is 11.4. The number of aryl methyl sites for hydroxylation is 2. The molecule has 0 spiro atoms. The van der Waals surface area contributed by atoms with Gasteiger partial charge in [0.15, 0.2) is 0 Å². The van der Waals surface area contributed by atoms with Gasteiger partial charge in [0.25, 0.3) is 5.95 Å². The third-order valence-corrected chi connectivity index (χ3v) is 2.61. The first-order valence-corrected chi connectivity index (χ1v) is 6.17. The summed E-state index contributed by atoms with van der Waals surface area (Å²) in [6.07, 6.45) is 2.64. The molecule has 0 amide bonds. The molecule has 5 heteroatoms. The van der Waals surface area contributed by atoms with Crippen LogP contribution in [0.15, 0.2) is 41.5 Å². The number of rotatable bonds is 3. The highest BCUT2D eigenvalue weighted by molar-refractivity contribution is 5.93. The number of benzene rings is 1. The summed E-state index contributed by atoms with van der Waals surface area (Å²) in [6, 6.07) is 9.85. The SMILES string of the molecule is CCc1cccc(N/C(N)=N/c2nccc(C)n2)c1. The van der Waals surface area contributed by atoms with E-state index in [-0.39, 0.29) is 5.96 Å². The molecule has 98 valence electrons. The smallest absolute Gasteiger partial charge is 0.252 e. The van der Waals surface area contributed by atoms with E-state index in [1.165, 1.54) is 5.56 Å².